The lowest BCUT2D eigenvalue weighted by molar-refractivity contribution is -0.127. The summed E-state index contributed by atoms with van der Waals surface area (Å²) in [5.41, 5.74) is 0. The zero-order valence-electron chi connectivity index (χ0n) is 8.37. The van der Waals surface area contributed by atoms with Gasteiger partial charge in [-0.2, -0.15) is 0 Å². The van der Waals surface area contributed by atoms with Crippen molar-refractivity contribution in [2.45, 2.75) is 18.3 Å². The number of aldehydes is 1. The zero-order chi connectivity index (χ0) is 13.4. The summed E-state index contributed by atoms with van der Waals surface area (Å²) < 4.78 is 13.7. The van der Waals surface area contributed by atoms with E-state index in [1.807, 2.05) is 0 Å². The lowest BCUT2D eigenvalue weighted by atomic mass is 10.1. The van der Waals surface area contributed by atoms with Crippen LogP contribution in [-0.2, 0) is 13.9 Å². The molecule has 0 fully saturated rings. The fourth-order valence-electron chi connectivity index (χ4n) is 0.416. The molecule has 0 rings (SSSR count). The summed E-state index contributed by atoms with van der Waals surface area (Å²) in [7, 11) is 1.12. The first kappa shape index (κ1) is 18.4. The molecule has 0 radical (unpaired) electrons. The van der Waals surface area contributed by atoms with Gasteiger partial charge in [0.25, 0.3) is 0 Å². The Balaban J connectivity index is 0. The summed E-state index contributed by atoms with van der Waals surface area (Å²) in [6.45, 7) is -4.14. The molecule has 0 saturated carbocycles. The predicted octanol–water partition coefficient (Wildman–Crippen LogP) is -2.08. The Bertz CT molecular complexity index is 231. The quantitative estimate of drug-likeness (QED) is 0.191. The standard InChI is InChI=1S/C5H10O5.CH5O3PS/c6-1-3(8)5(10)4(9)2-7;1-4-5(2,3)6/h1,3-5,7-10H,2H2;1H3,(H2,2,3,6)/t3-,4+,5-;/m0./s1. The molecule has 0 aliphatic carbocycles. The van der Waals surface area contributed by atoms with Gasteiger partial charge in [-0.1, -0.05) is 12.2 Å². The maximum absolute atomic E-state index is 9.78. The van der Waals surface area contributed by atoms with Gasteiger partial charge in [-0.05, 0) is 0 Å². The third-order valence-electron chi connectivity index (χ3n) is 1.31. The van der Waals surface area contributed by atoms with E-state index < -0.39 is 31.7 Å². The van der Waals surface area contributed by atoms with Gasteiger partial charge in [0.15, 0.2) is 6.29 Å². The first-order chi connectivity index (χ1) is 7.19. The third kappa shape index (κ3) is 10.5. The monoisotopic (exact) mass is 278 g/mol. The molecule has 0 bridgehead atoms. The number of rotatable bonds is 5. The molecule has 98 valence electrons. The molecule has 0 aromatic heterocycles. The van der Waals surface area contributed by atoms with Crippen molar-refractivity contribution < 1.29 is 39.2 Å². The van der Waals surface area contributed by atoms with Gasteiger partial charge in [0.1, 0.15) is 18.3 Å². The van der Waals surface area contributed by atoms with Crippen molar-refractivity contribution in [2.24, 2.45) is 0 Å². The molecule has 0 heterocycles. The molecule has 16 heavy (non-hydrogen) atoms. The Morgan fingerprint density at radius 1 is 1.44 bits per heavy atom. The van der Waals surface area contributed by atoms with E-state index in [9.17, 15) is 9.36 Å². The lowest BCUT2D eigenvalue weighted by Gasteiger charge is -2.16. The zero-order valence-corrected chi connectivity index (χ0v) is 10.2. The highest BCUT2D eigenvalue weighted by atomic mass is 32.7. The lowest BCUT2D eigenvalue weighted by Crippen LogP contribution is -2.40. The average Bonchev–Trinajstić information content (AvgIpc) is 2.25. The van der Waals surface area contributed by atoms with Crippen LogP contribution in [0.25, 0.3) is 0 Å². The van der Waals surface area contributed by atoms with Gasteiger partial charge in [-0.25, -0.2) is 4.57 Å². The molecule has 8 nitrogen and oxygen atoms in total. The molecule has 10 heteroatoms. The molecule has 1 unspecified atom stereocenters. The van der Waals surface area contributed by atoms with Crippen molar-refractivity contribution in [2.75, 3.05) is 13.7 Å². The molecule has 0 aromatic rings. The molecular weight excluding hydrogens is 263 g/mol. The SMILES string of the molecule is COP(=O)(O)S.O=C[C@H](O)[C@H](O)[C@H](O)CO. The van der Waals surface area contributed by atoms with Crippen LogP contribution in [0.15, 0.2) is 0 Å². The van der Waals surface area contributed by atoms with Crippen molar-refractivity contribution in [3.05, 3.63) is 0 Å². The van der Waals surface area contributed by atoms with Crippen molar-refractivity contribution in [3.8, 4) is 0 Å². The minimum Gasteiger partial charge on any atom is -0.394 e. The van der Waals surface area contributed by atoms with E-state index in [1.54, 1.807) is 0 Å². The second-order valence-electron chi connectivity index (χ2n) is 2.54. The van der Waals surface area contributed by atoms with Crippen molar-refractivity contribution >= 4 is 25.3 Å². The number of hydrogen-bond acceptors (Lipinski definition) is 7. The van der Waals surface area contributed by atoms with Gasteiger partial charge in [-0.3, -0.25) is 0 Å². The fourth-order valence-corrected chi connectivity index (χ4v) is 0.416. The smallest absolute Gasteiger partial charge is 0.383 e. The summed E-state index contributed by atoms with van der Waals surface area (Å²) in [6, 6.07) is 0. The Hall–Kier alpha value is 0.01000. The van der Waals surface area contributed by atoms with E-state index in [1.165, 1.54) is 0 Å². The molecule has 0 amide bonds. The second-order valence-corrected chi connectivity index (χ2v) is 5.40. The van der Waals surface area contributed by atoms with Crippen LogP contribution < -0.4 is 0 Å². The number of aliphatic hydroxyl groups excluding tert-OH is 4. The summed E-state index contributed by atoms with van der Waals surface area (Å²) in [4.78, 5) is 17.8. The minimum absolute atomic E-state index is 0.0869. The summed E-state index contributed by atoms with van der Waals surface area (Å²) >= 11 is 3.14. The summed E-state index contributed by atoms with van der Waals surface area (Å²) in [6.07, 6.45) is -4.63. The summed E-state index contributed by atoms with van der Waals surface area (Å²) in [5, 5.41) is 34.1. The van der Waals surface area contributed by atoms with Crippen LogP contribution in [0.4, 0.5) is 0 Å². The van der Waals surface area contributed by atoms with E-state index in [0.29, 0.717) is 0 Å². The van der Waals surface area contributed by atoms with Gasteiger partial charge < -0.3 is 34.6 Å². The fraction of sp³-hybridized carbons (Fsp3) is 0.833. The number of thiol groups is 1. The highest BCUT2D eigenvalue weighted by molar-refractivity contribution is 8.44. The van der Waals surface area contributed by atoms with E-state index in [2.05, 4.69) is 16.8 Å². The Morgan fingerprint density at radius 3 is 2.00 bits per heavy atom. The molecule has 0 saturated heterocycles. The van der Waals surface area contributed by atoms with Gasteiger partial charge in [0.2, 0.25) is 0 Å². The van der Waals surface area contributed by atoms with E-state index >= 15 is 0 Å². The van der Waals surface area contributed by atoms with Crippen molar-refractivity contribution in [3.63, 3.8) is 0 Å². The van der Waals surface area contributed by atoms with Gasteiger partial charge in [-0.15, -0.1) is 0 Å². The van der Waals surface area contributed by atoms with Crippen LogP contribution in [0.5, 0.6) is 0 Å². The Kier molecular flexibility index (Phi) is 10.4. The highest BCUT2D eigenvalue weighted by Gasteiger charge is 2.22. The van der Waals surface area contributed by atoms with Crippen LogP contribution in [0.1, 0.15) is 0 Å². The maximum atomic E-state index is 9.78. The van der Waals surface area contributed by atoms with Crippen molar-refractivity contribution in [1.29, 1.82) is 0 Å². The summed E-state index contributed by atoms with van der Waals surface area (Å²) in [5.74, 6) is 0. The van der Waals surface area contributed by atoms with Crippen LogP contribution in [0, 0.1) is 0 Å². The Labute approximate surface area is 97.2 Å². The molecule has 0 aliphatic heterocycles. The third-order valence-corrected chi connectivity index (χ3v) is 2.27. The normalized spacial score (nSPS) is 19.7. The van der Waals surface area contributed by atoms with Crippen LogP contribution >= 0.6 is 19.0 Å². The van der Waals surface area contributed by atoms with E-state index in [0.717, 1.165) is 7.11 Å². The predicted molar refractivity (Wildman–Crippen MR) is 57.0 cm³/mol. The molecule has 4 atom stereocenters. The first-order valence-electron chi connectivity index (χ1n) is 3.91. The number of carbonyl (C=O) groups is 1. The highest BCUT2D eigenvalue weighted by Crippen LogP contribution is 2.45. The van der Waals surface area contributed by atoms with Crippen molar-refractivity contribution in [1.82, 2.24) is 0 Å². The van der Waals surface area contributed by atoms with Gasteiger partial charge in [0.05, 0.1) is 6.61 Å². The average molecular weight is 278 g/mol. The second kappa shape index (κ2) is 9.08. The number of hydrogen-bond donors (Lipinski definition) is 6. The van der Waals surface area contributed by atoms with Gasteiger partial charge in [0, 0.05) is 7.11 Å². The van der Waals surface area contributed by atoms with Crippen LogP contribution in [-0.4, -0.2) is 63.6 Å². The topological polar surface area (TPSA) is 145 Å². The van der Waals surface area contributed by atoms with Gasteiger partial charge >= 0.3 is 6.80 Å². The van der Waals surface area contributed by atoms with E-state index in [4.69, 9.17) is 25.3 Å². The molecule has 5 N–H and O–H groups in total. The largest absolute Gasteiger partial charge is 0.394 e. The number of carbonyl (C=O) groups excluding carboxylic acids is 1. The maximum Gasteiger partial charge on any atom is 0.383 e. The van der Waals surface area contributed by atoms with Crippen LogP contribution in [0.2, 0.25) is 0 Å². The molecule has 0 aliphatic rings. The number of aliphatic hydroxyl groups is 4. The minimum atomic E-state index is -3.45. The molecular formula is C6H15O8PS. The first-order valence-corrected chi connectivity index (χ1v) is 6.64. The molecule has 0 spiro atoms. The van der Waals surface area contributed by atoms with E-state index in [-0.39, 0.29) is 6.29 Å². The van der Waals surface area contributed by atoms with Crippen LogP contribution in [0.3, 0.4) is 0 Å². The molecule has 0 aromatic carbocycles. The Morgan fingerprint density at radius 2 is 1.81 bits per heavy atom.